The summed E-state index contributed by atoms with van der Waals surface area (Å²) in [5.41, 5.74) is 1.55. The summed E-state index contributed by atoms with van der Waals surface area (Å²) in [7, 11) is 0. The van der Waals surface area contributed by atoms with Crippen molar-refractivity contribution in [1.29, 1.82) is 0 Å². The van der Waals surface area contributed by atoms with Crippen LogP contribution in [0.4, 0.5) is 5.69 Å². The maximum Gasteiger partial charge on any atom is 0.264 e. The lowest BCUT2D eigenvalue weighted by Gasteiger charge is -2.08. The molecule has 6 nitrogen and oxygen atoms in total. The molecular weight excluding hydrogens is 416 g/mol. The molecule has 0 spiro atoms. The molecule has 0 bridgehead atoms. The molecule has 1 heterocycles. The number of hydrogen-bond acceptors (Lipinski definition) is 4. The number of carbonyl (C=O) groups is 1. The van der Waals surface area contributed by atoms with Gasteiger partial charge in [0.05, 0.1) is 12.3 Å². The molecule has 31 heavy (non-hydrogen) atoms. The maximum atomic E-state index is 12.6. The van der Waals surface area contributed by atoms with Gasteiger partial charge in [-0.2, -0.15) is 0 Å². The largest absolute Gasteiger partial charge is 0.505 e. The fourth-order valence-corrected chi connectivity index (χ4v) is 3.35. The molecule has 0 radical (unpaired) electrons. The van der Waals surface area contributed by atoms with Gasteiger partial charge in [-0.25, -0.2) is 0 Å². The molecule has 3 aromatic rings. The number of rotatable bonds is 10. The van der Waals surface area contributed by atoms with Crippen LogP contribution in [0.25, 0.3) is 0 Å². The van der Waals surface area contributed by atoms with Crippen LogP contribution in [0, 0.1) is 0 Å². The lowest BCUT2D eigenvalue weighted by atomic mass is 10.1. The van der Waals surface area contributed by atoms with E-state index in [1.165, 1.54) is 12.8 Å². The Balaban J connectivity index is 1.61. The molecule has 0 aliphatic rings. The number of H-pyrrole nitrogens is 1. The predicted octanol–water partition coefficient (Wildman–Crippen LogP) is 5.88. The Morgan fingerprint density at radius 3 is 2.42 bits per heavy atom. The fraction of sp³-hybridized carbons (Fsp3) is 0.292. The van der Waals surface area contributed by atoms with Crippen molar-refractivity contribution < 1.29 is 19.7 Å². The van der Waals surface area contributed by atoms with E-state index in [0.717, 1.165) is 24.2 Å². The Hall–Kier alpha value is -3.12. The predicted molar refractivity (Wildman–Crippen MR) is 122 cm³/mol. The molecule has 0 saturated heterocycles. The highest BCUT2D eigenvalue weighted by molar-refractivity contribution is 6.30. The monoisotopic (exact) mass is 442 g/mol. The summed E-state index contributed by atoms with van der Waals surface area (Å²) in [5, 5.41) is 23.9. The molecule has 1 amide bonds. The Kier molecular flexibility index (Phi) is 7.84. The van der Waals surface area contributed by atoms with Crippen molar-refractivity contribution in [3.8, 4) is 17.4 Å². The van der Waals surface area contributed by atoms with Crippen molar-refractivity contribution >= 4 is 23.2 Å². The van der Waals surface area contributed by atoms with E-state index in [1.54, 1.807) is 36.4 Å². The highest BCUT2D eigenvalue weighted by Crippen LogP contribution is 2.33. The molecule has 0 aliphatic heterocycles. The zero-order valence-electron chi connectivity index (χ0n) is 17.5. The summed E-state index contributed by atoms with van der Waals surface area (Å²) >= 11 is 5.89. The number of carbonyl (C=O) groups excluding carboxylic acids is 1. The lowest BCUT2D eigenvalue weighted by Crippen LogP contribution is -2.11. The van der Waals surface area contributed by atoms with Gasteiger partial charge in [-0.1, -0.05) is 49.9 Å². The topological polar surface area (TPSA) is 94.6 Å². The van der Waals surface area contributed by atoms with Crippen LogP contribution in [-0.2, 0) is 6.42 Å². The van der Waals surface area contributed by atoms with E-state index in [0.29, 0.717) is 29.4 Å². The third-order valence-electron chi connectivity index (χ3n) is 4.93. The molecule has 0 unspecified atom stereocenters. The number of halogens is 1. The number of aromatic nitrogens is 1. The van der Waals surface area contributed by atoms with Crippen LogP contribution < -0.4 is 10.1 Å². The third kappa shape index (κ3) is 6.18. The van der Waals surface area contributed by atoms with E-state index in [2.05, 4.69) is 17.2 Å². The SMILES string of the molecule is CCCCCCOc1ccc(NC(=O)c2c(O)[nH]c(Cc3ccc(Cl)cc3)c2O)cc1. The van der Waals surface area contributed by atoms with Crippen LogP contribution in [0.1, 0.15) is 54.2 Å². The van der Waals surface area contributed by atoms with Crippen LogP contribution in [0.2, 0.25) is 5.02 Å². The molecule has 0 atom stereocenters. The van der Waals surface area contributed by atoms with Crippen molar-refractivity contribution in [3.63, 3.8) is 0 Å². The molecule has 2 aromatic carbocycles. The summed E-state index contributed by atoms with van der Waals surface area (Å²) in [5.74, 6) is -0.545. The smallest absolute Gasteiger partial charge is 0.264 e. The van der Waals surface area contributed by atoms with Crippen molar-refractivity contribution in [2.45, 2.75) is 39.0 Å². The first-order valence-electron chi connectivity index (χ1n) is 10.4. The number of hydrogen-bond donors (Lipinski definition) is 4. The van der Waals surface area contributed by atoms with E-state index < -0.39 is 5.91 Å². The van der Waals surface area contributed by atoms with E-state index in [-0.39, 0.29) is 17.2 Å². The number of aromatic amines is 1. The number of aromatic hydroxyl groups is 2. The minimum absolute atomic E-state index is 0.194. The number of anilines is 1. The maximum absolute atomic E-state index is 12.6. The Labute approximate surface area is 186 Å². The van der Waals surface area contributed by atoms with Gasteiger partial charge in [0, 0.05) is 17.1 Å². The zero-order valence-corrected chi connectivity index (χ0v) is 18.2. The average molecular weight is 443 g/mol. The van der Waals surface area contributed by atoms with E-state index in [4.69, 9.17) is 16.3 Å². The number of benzene rings is 2. The van der Waals surface area contributed by atoms with Crippen molar-refractivity contribution in [1.82, 2.24) is 4.98 Å². The Bertz CT molecular complexity index is 998. The fourth-order valence-electron chi connectivity index (χ4n) is 3.22. The normalized spacial score (nSPS) is 10.8. The van der Waals surface area contributed by atoms with Crippen LogP contribution in [-0.4, -0.2) is 27.7 Å². The van der Waals surface area contributed by atoms with Crippen molar-refractivity contribution in [2.24, 2.45) is 0 Å². The molecule has 3 rings (SSSR count). The van der Waals surface area contributed by atoms with Gasteiger partial charge in [-0.15, -0.1) is 0 Å². The number of amides is 1. The van der Waals surface area contributed by atoms with Gasteiger partial charge in [0.15, 0.2) is 5.75 Å². The molecule has 0 aliphatic carbocycles. The van der Waals surface area contributed by atoms with E-state index in [1.807, 2.05) is 12.1 Å². The molecule has 0 saturated carbocycles. The first-order valence-corrected chi connectivity index (χ1v) is 10.8. The summed E-state index contributed by atoms with van der Waals surface area (Å²) < 4.78 is 5.70. The minimum atomic E-state index is -0.609. The number of ether oxygens (including phenoxy) is 1. The molecule has 1 aromatic heterocycles. The molecule has 4 N–H and O–H groups in total. The van der Waals surface area contributed by atoms with Gasteiger partial charge in [-0.05, 0) is 48.4 Å². The third-order valence-corrected chi connectivity index (χ3v) is 5.18. The van der Waals surface area contributed by atoms with Crippen LogP contribution >= 0.6 is 11.6 Å². The summed E-state index contributed by atoms with van der Waals surface area (Å²) in [6.07, 6.45) is 4.86. The van der Waals surface area contributed by atoms with Gasteiger partial charge in [-0.3, -0.25) is 4.79 Å². The second-order valence-corrected chi connectivity index (χ2v) is 7.80. The van der Waals surface area contributed by atoms with Gasteiger partial charge >= 0.3 is 0 Å². The van der Waals surface area contributed by atoms with Crippen molar-refractivity contribution in [2.75, 3.05) is 11.9 Å². The summed E-state index contributed by atoms with van der Waals surface area (Å²) in [6, 6.07) is 14.1. The van der Waals surface area contributed by atoms with Gasteiger partial charge in [0.2, 0.25) is 5.88 Å². The first-order chi connectivity index (χ1) is 15.0. The highest BCUT2D eigenvalue weighted by Gasteiger charge is 2.23. The first kappa shape index (κ1) is 22.6. The number of unbranched alkanes of at least 4 members (excludes halogenated alkanes) is 3. The average Bonchev–Trinajstić information content (AvgIpc) is 3.03. The lowest BCUT2D eigenvalue weighted by molar-refractivity contribution is 0.102. The van der Waals surface area contributed by atoms with Gasteiger partial charge < -0.3 is 25.3 Å². The minimum Gasteiger partial charge on any atom is -0.505 e. The van der Waals surface area contributed by atoms with Crippen LogP contribution in [0.15, 0.2) is 48.5 Å². The van der Waals surface area contributed by atoms with Gasteiger partial charge in [0.25, 0.3) is 5.91 Å². The zero-order chi connectivity index (χ0) is 22.2. The molecule has 7 heteroatoms. The van der Waals surface area contributed by atoms with Crippen LogP contribution in [0.3, 0.4) is 0 Å². The second kappa shape index (κ2) is 10.8. The van der Waals surface area contributed by atoms with Gasteiger partial charge in [0.1, 0.15) is 11.3 Å². The Morgan fingerprint density at radius 1 is 1.03 bits per heavy atom. The summed E-state index contributed by atoms with van der Waals surface area (Å²) in [6.45, 7) is 2.83. The molecule has 164 valence electrons. The quantitative estimate of drug-likeness (QED) is 0.295. The molecule has 0 fully saturated rings. The molecular formula is C24H27ClN2O4. The number of nitrogens with one attached hydrogen (secondary N) is 2. The van der Waals surface area contributed by atoms with E-state index >= 15 is 0 Å². The van der Waals surface area contributed by atoms with Crippen molar-refractivity contribution in [3.05, 3.63) is 70.4 Å². The second-order valence-electron chi connectivity index (χ2n) is 7.37. The standard InChI is InChI=1S/C24H27ClN2O4/c1-2-3-4-5-14-31-19-12-10-18(11-13-19)26-23(29)21-22(28)20(27-24(21)30)15-16-6-8-17(25)9-7-16/h6-13,27-28,30H,2-5,14-15H2,1H3,(H,26,29). The Morgan fingerprint density at radius 2 is 1.74 bits per heavy atom. The van der Waals surface area contributed by atoms with Crippen LogP contribution in [0.5, 0.6) is 17.4 Å². The summed E-state index contributed by atoms with van der Waals surface area (Å²) in [4.78, 5) is 15.3. The highest BCUT2D eigenvalue weighted by atomic mass is 35.5. The van der Waals surface area contributed by atoms with E-state index in [9.17, 15) is 15.0 Å².